The minimum absolute atomic E-state index is 0.0209. The van der Waals surface area contributed by atoms with Gasteiger partial charge in [0, 0.05) is 24.0 Å². The van der Waals surface area contributed by atoms with Crippen LogP contribution < -0.4 is 0 Å². The van der Waals surface area contributed by atoms with Crippen molar-refractivity contribution in [3.05, 3.63) is 52.5 Å². The van der Waals surface area contributed by atoms with E-state index in [1.165, 1.54) is 4.31 Å². The Bertz CT molecular complexity index is 1210. The average molecular weight is 464 g/mol. The van der Waals surface area contributed by atoms with Crippen LogP contribution in [-0.4, -0.2) is 41.9 Å². The maximum atomic E-state index is 12.9. The highest BCUT2D eigenvalue weighted by Crippen LogP contribution is 2.28. The van der Waals surface area contributed by atoms with Gasteiger partial charge in [0.25, 0.3) is 0 Å². The lowest BCUT2D eigenvalue weighted by Gasteiger charge is -2.30. The Hall–Kier alpha value is -2.49. The number of para-hydroxylation sites is 1. The van der Waals surface area contributed by atoms with Crippen molar-refractivity contribution in [2.75, 3.05) is 13.1 Å². The van der Waals surface area contributed by atoms with Crippen LogP contribution in [0.3, 0.4) is 0 Å². The van der Waals surface area contributed by atoms with Gasteiger partial charge in [-0.3, -0.25) is 4.79 Å². The molecule has 0 atom stereocenters. The van der Waals surface area contributed by atoms with Crippen molar-refractivity contribution in [1.29, 1.82) is 0 Å². The minimum atomic E-state index is -3.71. The van der Waals surface area contributed by atoms with E-state index in [1.807, 2.05) is 30.3 Å². The highest BCUT2D eigenvalue weighted by Gasteiger charge is 2.36. The fraction of sp³-hybridized carbons (Fsp3) is 0.381. The highest BCUT2D eigenvalue weighted by atomic mass is 35.5. The molecule has 0 radical (unpaired) electrons. The molecule has 3 heterocycles. The van der Waals surface area contributed by atoms with Gasteiger partial charge >= 0.3 is 5.97 Å². The molecule has 31 heavy (non-hydrogen) atoms. The number of fused-ring (bicyclic) bond motifs is 1. The molecule has 2 aromatic heterocycles. The third kappa shape index (κ3) is 4.30. The summed E-state index contributed by atoms with van der Waals surface area (Å²) in [5.74, 6) is -0.471. The van der Waals surface area contributed by atoms with E-state index in [2.05, 4.69) is 10.1 Å². The summed E-state index contributed by atoms with van der Waals surface area (Å²) >= 11 is 6.23. The molecule has 0 unspecified atom stereocenters. The predicted molar refractivity (Wildman–Crippen MR) is 114 cm³/mol. The number of sulfonamides is 1. The van der Waals surface area contributed by atoms with Crippen LogP contribution in [0.4, 0.5) is 0 Å². The van der Waals surface area contributed by atoms with Crippen molar-refractivity contribution in [2.24, 2.45) is 5.92 Å². The van der Waals surface area contributed by atoms with Crippen LogP contribution >= 0.6 is 11.6 Å². The predicted octanol–water partition coefficient (Wildman–Crippen LogP) is 3.64. The molecule has 0 bridgehead atoms. The molecule has 1 aromatic carbocycles. The lowest BCUT2D eigenvalue weighted by molar-refractivity contribution is -0.151. The Labute approximate surface area is 185 Å². The Morgan fingerprint density at radius 2 is 1.97 bits per heavy atom. The van der Waals surface area contributed by atoms with E-state index < -0.39 is 10.0 Å². The molecule has 4 rings (SSSR count). The molecule has 1 saturated heterocycles. The standard InChI is InChI=1S/C21H22ClN3O5S/c1-13-19(14(2)30-24-13)31(27,28)25-9-7-15(8-10-25)21(26)29-12-17-11-16-5-3-4-6-18(16)23-20(17)22/h3-6,11,15H,7-10,12H2,1-2H3. The van der Waals surface area contributed by atoms with Gasteiger partial charge in [0.05, 0.1) is 11.4 Å². The number of hydrogen-bond donors (Lipinski definition) is 0. The van der Waals surface area contributed by atoms with Crippen LogP contribution in [0.1, 0.15) is 29.9 Å². The molecular weight excluding hydrogens is 442 g/mol. The number of nitrogens with zero attached hydrogens (tertiary/aromatic N) is 3. The first-order valence-corrected chi connectivity index (χ1v) is 11.7. The molecule has 0 N–H and O–H groups in total. The molecule has 8 nitrogen and oxygen atoms in total. The van der Waals surface area contributed by atoms with Crippen molar-refractivity contribution >= 4 is 38.5 Å². The Morgan fingerprint density at radius 3 is 2.65 bits per heavy atom. The summed E-state index contributed by atoms with van der Waals surface area (Å²) in [5.41, 5.74) is 1.74. The van der Waals surface area contributed by atoms with E-state index in [1.54, 1.807) is 13.8 Å². The number of ether oxygens (including phenoxy) is 1. The van der Waals surface area contributed by atoms with E-state index in [0.717, 1.165) is 10.9 Å². The normalized spacial score (nSPS) is 16.0. The second kappa shape index (κ2) is 8.57. The summed E-state index contributed by atoms with van der Waals surface area (Å²) in [6.07, 6.45) is 0.760. The van der Waals surface area contributed by atoms with Crippen LogP contribution in [0.5, 0.6) is 0 Å². The minimum Gasteiger partial charge on any atom is -0.460 e. The molecule has 0 spiro atoms. The molecule has 0 aliphatic carbocycles. The third-order valence-corrected chi connectivity index (χ3v) is 7.94. The van der Waals surface area contributed by atoms with Crippen LogP contribution in [-0.2, 0) is 26.2 Å². The third-order valence-electron chi connectivity index (χ3n) is 5.47. The fourth-order valence-corrected chi connectivity index (χ4v) is 5.77. The van der Waals surface area contributed by atoms with Gasteiger partial charge in [-0.25, -0.2) is 13.4 Å². The first kappa shape index (κ1) is 21.7. The van der Waals surface area contributed by atoms with E-state index in [9.17, 15) is 13.2 Å². The summed E-state index contributed by atoms with van der Waals surface area (Å²) in [4.78, 5) is 17.0. The maximum absolute atomic E-state index is 12.9. The molecule has 3 aromatic rings. The van der Waals surface area contributed by atoms with Crippen molar-refractivity contribution in [3.63, 3.8) is 0 Å². The Morgan fingerprint density at radius 1 is 1.26 bits per heavy atom. The smallest absolute Gasteiger partial charge is 0.309 e. The number of esters is 1. The highest BCUT2D eigenvalue weighted by molar-refractivity contribution is 7.89. The number of pyridine rings is 1. The topological polar surface area (TPSA) is 103 Å². The van der Waals surface area contributed by atoms with Crippen LogP contribution in [0.15, 0.2) is 39.8 Å². The second-order valence-corrected chi connectivity index (χ2v) is 9.80. The number of halogens is 1. The largest absolute Gasteiger partial charge is 0.460 e. The van der Waals surface area contributed by atoms with Crippen LogP contribution in [0, 0.1) is 19.8 Å². The van der Waals surface area contributed by atoms with Gasteiger partial charge in [0.15, 0.2) is 5.76 Å². The summed E-state index contributed by atoms with van der Waals surface area (Å²) in [6.45, 7) is 3.64. The molecule has 0 saturated carbocycles. The van der Waals surface area contributed by atoms with E-state index >= 15 is 0 Å². The van der Waals surface area contributed by atoms with Gasteiger partial charge < -0.3 is 9.26 Å². The van der Waals surface area contributed by atoms with Gasteiger partial charge in [-0.15, -0.1) is 0 Å². The SMILES string of the molecule is Cc1noc(C)c1S(=O)(=O)N1CCC(C(=O)OCc2cc3ccccc3nc2Cl)CC1. The van der Waals surface area contributed by atoms with Crippen LogP contribution in [0.2, 0.25) is 5.15 Å². The number of benzene rings is 1. The Balaban J connectivity index is 1.37. The first-order chi connectivity index (χ1) is 14.8. The molecule has 1 aliphatic heterocycles. The van der Waals surface area contributed by atoms with Crippen molar-refractivity contribution < 1.29 is 22.5 Å². The van der Waals surface area contributed by atoms with E-state index in [-0.39, 0.29) is 42.2 Å². The molecule has 10 heteroatoms. The zero-order valence-electron chi connectivity index (χ0n) is 17.2. The number of hydrogen-bond acceptors (Lipinski definition) is 7. The zero-order chi connectivity index (χ0) is 22.2. The Kier molecular flexibility index (Phi) is 6.00. The zero-order valence-corrected chi connectivity index (χ0v) is 18.7. The second-order valence-electron chi connectivity index (χ2n) is 7.57. The quantitative estimate of drug-likeness (QED) is 0.420. The lowest BCUT2D eigenvalue weighted by Crippen LogP contribution is -2.40. The number of aromatic nitrogens is 2. The van der Waals surface area contributed by atoms with Gasteiger partial charge in [-0.1, -0.05) is 35.0 Å². The number of aryl methyl sites for hydroxylation is 2. The summed E-state index contributed by atoms with van der Waals surface area (Å²) < 4.78 is 37.7. The molecule has 1 fully saturated rings. The van der Waals surface area contributed by atoms with Crippen molar-refractivity contribution in [3.8, 4) is 0 Å². The van der Waals surface area contributed by atoms with Gasteiger partial charge in [-0.2, -0.15) is 4.31 Å². The maximum Gasteiger partial charge on any atom is 0.309 e. The average Bonchev–Trinajstić information content (AvgIpc) is 3.10. The van der Waals surface area contributed by atoms with Crippen molar-refractivity contribution in [2.45, 2.75) is 38.2 Å². The number of piperidine rings is 1. The monoisotopic (exact) mass is 463 g/mol. The molecule has 0 amide bonds. The van der Waals surface area contributed by atoms with Gasteiger partial charge in [0.2, 0.25) is 10.0 Å². The number of carbonyl (C=O) groups is 1. The van der Waals surface area contributed by atoms with Gasteiger partial charge in [0.1, 0.15) is 22.3 Å². The first-order valence-electron chi connectivity index (χ1n) is 9.91. The molecular formula is C21H22ClN3O5S. The van der Waals surface area contributed by atoms with Crippen molar-refractivity contribution in [1.82, 2.24) is 14.4 Å². The fourth-order valence-electron chi connectivity index (χ4n) is 3.81. The molecule has 1 aliphatic rings. The summed E-state index contributed by atoms with van der Waals surface area (Å²) in [7, 11) is -3.71. The van der Waals surface area contributed by atoms with Gasteiger partial charge in [-0.05, 0) is 38.8 Å². The molecule has 164 valence electrons. The number of carbonyl (C=O) groups excluding carboxylic acids is 1. The lowest BCUT2D eigenvalue weighted by atomic mass is 9.98. The van der Waals surface area contributed by atoms with E-state index in [4.69, 9.17) is 20.9 Å². The van der Waals surface area contributed by atoms with E-state index in [0.29, 0.717) is 29.3 Å². The summed E-state index contributed by atoms with van der Waals surface area (Å²) in [6, 6.07) is 9.42. The number of rotatable bonds is 5. The van der Waals surface area contributed by atoms with Crippen LogP contribution in [0.25, 0.3) is 10.9 Å². The summed E-state index contributed by atoms with van der Waals surface area (Å²) in [5, 5.41) is 4.94.